The summed E-state index contributed by atoms with van der Waals surface area (Å²) in [5.41, 5.74) is 2.11. The van der Waals surface area contributed by atoms with E-state index >= 15 is 0 Å². The number of carbonyl (C=O) groups excluding carboxylic acids is 1. The molecular formula is C21H20FN3O5. The molecule has 2 aromatic carbocycles. The number of fused-ring (bicyclic) bond motifs is 1. The maximum absolute atomic E-state index is 14.9. The Morgan fingerprint density at radius 3 is 2.67 bits per heavy atom. The molecule has 5 rings (SSSR count). The first-order valence-corrected chi connectivity index (χ1v) is 9.68. The summed E-state index contributed by atoms with van der Waals surface area (Å²) in [5, 5.41) is 20.0. The monoisotopic (exact) mass is 413 g/mol. The average Bonchev–Trinajstić information content (AvgIpc) is 3.29. The van der Waals surface area contributed by atoms with E-state index < -0.39 is 17.3 Å². The lowest BCUT2D eigenvalue weighted by Crippen LogP contribution is -2.31. The molecule has 30 heavy (non-hydrogen) atoms. The van der Waals surface area contributed by atoms with Gasteiger partial charge in [0.15, 0.2) is 17.3 Å². The van der Waals surface area contributed by atoms with Crippen molar-refractivity contribution in [2.24, 2.45) is 0 Å². The van der Waals surface area contributed by atoms with Crippen LogP contribution in [0.4, 0.5) is 10.1 Å². The van der Waals surface area contributed by atoms with E-state index in [1.807, 2.05) is 22.8 Å². The summed E-state index contributed by atoms with van der Waals surface area (Å²) in [7, 11) is 1.32. The molecule has 2 aliphatic rings. The van der Waals surface area contributed by atoms with Crippen LogP contribution in [0.5, 0.6) is 17.2 Å². The number of hydrogen-bond acceptors (Lipinski definition) is 6. The second-order valence-corrected chi connectivity index (χ2v) is 7.46. The summed E-state index contributed by atoms with van der Waals surface area (Å²) in [4.78, 5) is 18.5. The van der Waals surface area contributed by atoms with Crippen molar-refractivity contribution >= 4 is 22.6 Å². The molecule has 156 valence electrons. The number of carbonyl (C=O) groups is 1. The Kier molecular flexibility index (Phi) is 4.28. The number of aromatic hydroxyl groups is 2. The molecule has 2 fully saturated rings. The zero-order valence-corrected chi connectivity index (χ0v) is 16.3. The van der Waals surface area contributed by atoms with Gasteiger partial charge < -0.3 is 29.2 Å². The normalized spacial score (nSPS) is 17.0. The van der Waals surface area contributed by atoms with Gasteiger partial charge in [0.05, 0.1) is 43.0 Å². The number of hydrogen-bond donors (Lipinski definition) is 2. The van der Waals surface area contributed by atoms with Gasteiger partial charge in [0.2, 0.25) is 11.7 Å². The van der Waals surface area contributed by atoms with Crippen molar-refractivity contribution in [3.05, 3.63) is 30.1 Å². The van der Waals surface area contributed by atoms with E-state index in [4.69, 9.17) is 9.47 Å². The number of anilines is 1. The van der Waals surface area contributed by atoms with Gasteiger partial charge >= 0.3 is 0 Å². The van der Waals surface area contributed by atoms with Gasteiger partial charge in [0.25, 0.3) is 0 Å². The van der Waals surface area contributed by atoms with Gasteiger partial charge in [0, 0.05) is 18.7 Å². The van der Waals surface area contributed by atoms with Crippen LogP contribution < -0.4 is 9.64 Å². The van der Waals surface area contributed by atoms with Gasteiger partial charge in [-0.3, -0.25) is 4.79 Å². The first kappa shape index (κ1) is 18.7. The topological polar surface area (TPSA) is 97.1 Å². The standard InChI is InChI=1S/C21H20FN3O5/c1-29-16-8-13(18(22)20(28)19(16)27)21-23-14-7-11(24-6-2-3-17(24)26)4-5-15(14)25(21)12-9-30-10-12/h4-5,7-8,12,27-28H,2-3,6,9-10H2,1H3. The van der Waals surface area contributed by atoms with Crippen LogP contribution in [0.2, 0.25) is 0 Å². The summed E-state index contributed by atoms with van der Waals surface area (Å²) in [6.45, 7) is 1.56. The molecule has 1 aromatic heterocycles. The molecule has 0 aliphatic carbocycles. The van der Waals surface area contributed by atoms with Crippen LogP contribution in [0.15, 0.2) is 24.3 Å². The fourth-order valence-corrected chi connectivity index (χ4v) is 4.04. The molecular weight excluding hydrogens is 393 g/mol. The van der Waals surface area contributed by atoms with E-state index in [-0.39, 0.29) is 29.1 Å². The van der Waals surface area contributed by atoms with Crippen LogP contribution in [-0.4, -0.2) is 52.5 Å². The molecule has 0 unspecified atom stereocenters. The Morgan fingerprint density at radius 1 is 1.23 bits per heavy atom. The van der Waals surface area contributed by atoms with Crippen molar-refractivity contribution in [2.75, 3.05) is 31.8 Å². The van der Waals surface area contributed by atoms with Gasteiger partial charge in [0.1, 0.15) is 5.82 Å². The van der Waals surface area contributed by atoms with Crippen LogP contribution in [-0.2, 0) is 9.53 Å². The van der Waals surface area contributed by atoms with E-state index in [2.05, 4.69) is 4.98 Å². The van der Waals surface area contributed by atoms with Gasteiger partial charge in [-0.2, -0.15) is 0 Å². The first-order valence-electron chi connectivity index (χ1n) is 9.68. The summed E-state index contributed by atoms with van der Waals surface area (Å²) < 4.78 is 27.2. The number of aromatic nitrogens is 2. The van der Waals surface area contributed by atoms with Crippen LogP contribution in [0.1, 0.15) is 18.9 Å². The number of benzene rings is 2. The van der Waals surface area contributed by atoms with Crippen LogP contribution in [0.25, 0.3) is 22.4 Å². The lowest BCUT2D eigenvalue weighted by atomic mass is 10.1. The minimum atomic E-state index is -0.986. The van der Waals surface area contributed by atoms with Gasteiger partial charge in [-0.25, -0.2) is 9.37 Å². The minimum Gasteiger partial charge on any atom is -0.502 e. The zero-order chi connectivity index (χ0) is 21.0. The summed E-state index contributed by atoms with van der Waals surface area (Å²) in [6.07, 6.45) is 1.34. The van der Waals surface area contributed by atoms with E-state index in [1.165, 1.54) is 13.2 Å². The highest BCUT2D eigenvalue weighted by Gasteiger charge is 2.30. The van der Waals surface area contributed by atoms with Gasteiger partial charge in [-0.05, 0) is 30.7 Å². The van der Waals surface area contributed by atoms with E-state index in [0.717, 1.165) is 17.6 Å². The second kappa shape index (κ2) is 6.88. The highest BCUT2D eigenvalue weighted by molar-refractivity contribution is 5.97. The molecule has 2 N–H and O–H groups in total. The van der Waals surface area contributed by atoms with Crippen LogP contribution in [0.3, 0.4) is 0 Å². The Balaban J connectivity index is 1.72. The molecule has 1 amide bonds. The number of amides is 1. The molecule has 8 nitrogen and oxygen atoms in total. The Morgan fingerprint density at radius 2 is 2.03 bits per heavy atom. The van der Waals surface area contributed by atoms with E-state index in [0.29, 0.717) is 31.7 Å². The van der Waals surface area contributed by atoms with Crippen molar-refractivity contribution in [3.8, 4) is 28.6 Å². The number of phenols is 2. The number of methoxy groups -OCH3 is 1. The number of rotatable bonds is 4. The largest absolute Gasteiger partial charge is 0.502 e. The minimum absolute atomic E-state index is 0.00375. The van der Waals surface area contributed by atoms with E-state index in [1.54, 1.807) is 4.90 Å². The molecule has 9 heteroatoms. The number of imidazole rings is 1. The molecule has 2 aliphatic heterocycles. The van der Waals surface area contributed by atoms with Crippen molar-refractivity contribution in [1.29, 1.82) is 0 Å². The molecule has 2 saturated heterocycles. The van der Waals surface area contributed by atoms with Crippen molar-refractivity contribution in [1.82, 2.24) is 9.55 Å². The van der Waals surface area contributed by atoms with E-state index in [9.17, 15) is 19.4 Å². The molecule has 0 radical (unpaired) electrons. The molecule has 0 atom stereocenters. The number of nitrogens with zero attached hydrogens (tertiary/aromatic N) is 3. The van der Waals surface area contributed by atoms with Gasteiger partial charge in [-0.1, -0.05) is 0 Å². The third-order valence-corrected chi connectivity index (χ3v) is 5.68. The number of ether oxygens (including phenoxy) is 2. The SMILES string of the molecule is COc1cc(-c2nc3cc(N4CCCC4=O)ccc3n2C2COC2)c(F)c(O)c1O. The Hall–Kier alpha value is -3.33. The average molecular weight is 413 g/mol. The van der Waals surface area contributed by atoms with Gasteiger partial charge in [-0.15, -0.1) is 0 Å². The smallest absolute Gasteiger partial charge is 0.227 e. The quantitative estimate of drug-likeness (QED) is 0.639. The first-order chi connectivity index (χ1) is 14.5. The van der Waals surface area contributed by atoms with Crippen LogP contribution in [0, 0.1) is 5.82 Å². The van der Waals surface area contributed by atoms with Crippen LogP contribution >= 0.6 is 0 Å². The molecule has 3 heterocycles. The fraction of sp³-hybridized carbons (Fsp3) is 0.333. The highest BCUT2D eigenvalue weighted by atomic mass is 19.1. The lowest BCUT2D eigenvalue weighted by Gasteiger charge is -2.29. The lowest BCUT2D eigenvalue weighted by molar-refractivity contribution is -0.117. The predicted molar refractivity (Wildman–Crippen MR) is 106 cm³/mol. The number of phenolic OH excluding ortho intramolecular Hbond substituents is 2. The summed E-state index contributed by atoms with van der Waals surface area (Å²) in [6, 6.07) is 6.80. The fourth-order valence-electron chi connectivity index (χ4n) is 4.04. The van der Waals surface area contributed by atoms with Crippen molar-refractivity contribution in [2.45, 2.75) is 18.9 Å². The van der Waals surface area contributed by atoms with Crippen molar-refractivity contribution < 1.29 is 28.9 Å². The third kappa shape index (κ3) is 2.69. The third-order valence-electron chi connectivity index (χ3n) is 5.68. The molecule has 3 aromatic rings. The Bertz CT molecular complexity index is 1170. The summed E-state index contributed by atoms with van der Waals surface area (Å²) in [5.74, 6) is -2.25. The zero-order valence-electron chi connectivity index (χ0n) is 16.3. The second-order valence-electron chi connectivity index (χ2n) is 7.46. The molecule has 0 saturated carbocycles. The maximum atomic E-state index is 14.9. The highest BCUT2D eigenvalue weighted by Crippen LogP contribution is 2.44. The summed E-state index contributed by atoms with van der Waals surface area (Å²) >= 11 is 0. The Labute approximate surface area is 171 Å². The molecule has 0 spiro atoms. The number of halogens is 1. The van der Waals surface area contributed by atoms with Crippen molar-refractivity contribution in [3.63, 3.8) is 0 Å². The molecule has 0 bridgehead atoms. The maximum Gasteiger partial charge on any atom is 0.227 e. The predicted octanol–water partition coefficient (Wildman–Crippen LogP) is 2.96.